The average Bonchev–Trinajstić information content (AvgIpc) is 2.31. The summed E-state index contributed by atoms with van der Waals surface area (Å²) < 4.78 is 5.03. The Labute approximate surface area is 88.7 Å². The minimum absolute atomic E-state index is 0.593. The van der Waals surface area contributed by atoms with Gasteiger partial charge in [-0.05, 0) is 12.1 Å². The van der Waals surface area contributed by atoms with E-state index in [9.17, 15) is 0 Å². The number of pyridine rings is 1. The summed E-state index contributed by atoms with van der Waals surface area (Å²) >= 11 is 0. The molecule has 0 amide bonds. The molecule has 0 saturated carbocycles. The minimum Gasteiger partial charge on any atom is -0.481 e. The summed E-state index contributed by atoms with van der Waals surface area (Å²) in [4.78, 5) is 4.03. The first-order valence-electron chi connectivity index (χ1n) is 4.62. The molecule has 3 nitrogen and oxygen atoms in total. The van der Waals surface area contributed by atoms with Crippen LogP contribution in [0, 0.1) is 6.07 Å². The van der Waals surface area contributed by atoms with Gasteiger partial charge in [0, 0.05) is 29.7 Å². The van der Waals surface area contributed by atoms with E-state index in [0.717, 1.165) is 11.4 Å². The van der Waals surface area contributed by atoms with Crippen LogP contribution in [0.3, 0.4) is 0 Å². The van der Waals surface area contributed by atoms with Crippen molar-refractivity contribution in [2.75, 3.05) is 12.4 Å². The summed E-state index contributed by atoms with van der Waals surface area (Å²) in [6, 6.07) is 14.5. The fraction of sp³-hybridized carbons (Fsp3) is 0.0833. The van der Waals surface area contributed by atoms with E-state index in [0.29, 0.717) is 5.88 Å². The number of nitrogens with one attached hydrogen (secondary N) is 1. The van der Waals surface area contributed by atoms with Crippen LogP contribution in [0.2, 0.25) is 0 Å². The van der Waals surface area contributed by atoms with E-state index in [1.165, 1.54) is 0 Å². The maximum absolute atomic E-state index is 5.03. The number of benzene rings is 1. The fourth-order valence-corrected chi connectivity index (χ4v) is 1.23. The second-order valence-electron chi connectivity index (χ2n) is 2.99. The Bertz CT molecular complexity index is 429. The number of nitrogens with zero attached hydrogens (tertiary/aromatic N) is 1. The molecular weight excluding hydrogens is 188 g/mol. The summed E-state index contributed by atoms with van der Waals surface area (Å²) in [7, 11) is 1.60. The molecule has 0 spiro atoms. The molecule has 15 heavy (non-hydrogen) atoms. The van der Waals surface area contributed by atoms with Gasteiger partial charge in [0.05, 0.1) is 7.11 Å². The smallest absolute Gasteiger partial charge is 0.214 e. The van der Waals surface area contributed by atoms with Crippen molar-refractivity contribution >= 4 is 11.4 Å². The Morgan fingerprint density at radius 3 is 3.00 bits per heavy atom. The molecule has 0 fully saturated rings. The summed E-state index contributed by atoms with van der Waals surface area (Å²) in [6.07, 6.45) is 1.70. The van der Waals surface area contributed by atoms with Gasteiger partial charge in [-0.3, -0.25) is 0 Å². The van der Waals surface area contributed by atoms with Crippen molar-refractivity contribution in [2.45, 2.75) is 0 Å². The van der Waals surface area contributed by atoms with Gasteiger partial charge in [0.1, 0.15) is 0 Å². The number of methoxy groups -OCH3 is 1. The topological polar surface area (TPSA) is 34.1 Å². The predicted molar refractivity (Wildman–Crippen MR) is 59.3 cm³/mol. The molecule has 3 heteroatoms. The third kappa shape index (κ3) is 2.47. The molecule has 1 radical (unpaired) electrons. The highest BCUT2D eigenvalue weighted by Crippen LogP contribution is 2.18. The number of hydrogen-bond acceptors (Lipinski definition) is 3. The average molecular weight is 199 g/mol. The maximum atomic E-state index is 5.03. The van der Waals surface area contributed by atoms with Crippen molar-refractivity contribution in [3.8, 4) is 5.88 Å². The SMILES string of the molecule is COc1cc(Nc2[c]cccc2)ccn1. The molecule has 0 aliphatic heterocycles. The quantitative estimate of drug-likeness (QED) is 0.825. The Morgan fingerprint density at radius 2 is 2.27 bits per heavy atom. The highest BCUT2D eigenvalue weighted by molar-refractivity contribution is 5.59. The summed E-state index contributed by atoms with van der Waals surface area (Å²) in [5.41, 5.74) is 1.86. The van der Waals surface area contributed by atoms with E-state index in [2.05, 4.69) is 16.4 Å². The van der Waals surface area contributed by atoms with Gasteiger partial charge in [0.25, 0.3) is 0 Å². The van der Waals surface area contributed by atoms with E-state index in [-0.39, 0.29) is 0 Å². The highest BCUT2D eigenvalue weighted by atomic mass is 16.5. The van der Waals surface area contributed by atoms with E-state index < -0.39 is 0 Å². The first-order valence-corrected chi connectivity index (χ1v) is 4.62. The van der Waals surface area contributed by atoms with Crippen LogP contribution in [0.4, 0.5) is 11.4 Å². The van der Waals surface area contributed by atoms with Crippen LogP contribution < -0.4 is 10.1 Å². The van der Waals surface area contributed by atoms with Crippen molar-refractivity contribution in [1.82, 2.24) is 4.98 Å². The number of para-hydroxylation sites is 1. The molecule has 0 atom stereocenters. The number of rotatable bonds is 3. The lowest BCUT2D eigenvalue weighted by Crippen LogP contribution is -1.92. The van der Waals surface area contributed by atoms with E-state index in [1.807, 2.05) is 36.4 Å². The van der Waals surface area contributed by atoms with E-state index in [1.54, 1.807) is 13.3 Å². The van der Waals surface area contributed by atoms with Crippen LogP contribution in [0.15, 0.2) is 42.6 Å². The number of aromatic nitrogens is 1. The second kappa shape index (κ2) is 4.46. The van der Waals surface area contributed by atoms with Gasteiger partial charge in [-0.2, -0.15) is 0 Å². The zero-order chi connectivity index (χ0) is 10.5. The molecule has 2 aromatic rings. The highest BCUT2D eigenvalue weighted by Gasteiger charge is 1.96. The Kier molecular flexibility index (Phi) is 2.83. The lowest BCUT2D eigenvalue weighted by atomic mass is 10.3. The first kappa shape index (κ1) is 9.52. The second-order valence-corrected chi connectivity index (χ2v) is 2.99. The van der Waals surface area contributed by atoms with Crippen LogP contribution in [-0.4, -0.2) is 12.1 Å². The van der Waals surface area contributed by atoms with Gasteiger partial charge in [-0.15, -0.1) is 0 Å². The lowest BCUT2D eigenvalue weighted by molar-refractivity contribution is 0.398. The number of anilines is 2. The van der Waals surface area contributed by atoms with Gasteiger partial charge in [0.15, 0.2) is 0 Å². The predicted octanol–water partition coefficient (Wildman–Crippen LogP) is 2.63. The zero-order valence-corrected chi connectivity index (χ0v) is 8.40. The van der Waals surface area contributed by atoms with Crippen LogP contribution in [0.25, 0.3) is 0 Å². The van der Waals surface area contributed by atoms with Crippen LogP contribution in [0.1, 0.15) is 0 Å². The molecule has 1 aromatic heterocycles. The summed E-state index contributed by atoms with van der Waals surface area (Å²) in [5.74, 6) is 0.593. The van der Waals surface area contributed by atoms with Crippen LogP contribution in [0.5, 0.6) is 5.88 Å². The molecule has 1 N–H and O–H groups in total. The van der Waals surface area contributed by atoms with Gasteiger partial charge in [-0.25, -0.2) is 4.98 Å². The Balaban J connectivity index is 2.17. The van der Waals surface area contributed by atoms with Crippen LogP contribution in [-0.2, 0) is 0 Å². The molecule has 1 aromatic carbocycles. The standard InChI is InChI=1S/C12H11N2O/c1-15-12-9-11(7-8-13-12)14-10-5-3-2-4-6-10/h2-5,7-9H,1H3,(H,13,14). The molecular formula is C12H11N2O. The van der Waals surface area contributed by atoms with Gasteiger partial charge >= 0.3 is 0 Å². The molecule has 0 aliphatic rings. The number of hydrogen-bond donors (Lipinski definition) is 1. The molecule has 75 valence electrons. The molecule has 0 unspecified atom stereocenters. The minimum atomic E-state index is 0.593. The van der Waals surface area contributed by atoms with Crippen molar-refractivity contribution < 1.29 is 4.74 Å². The number of ether oxygens (including phenoxy) is 1. The van der Waals surface area contributed by atoms with Crippen molar-refractivity contribution in [3.05, 3.63) is 48.7 Å². The summed E-state index contributed by atoms with van der Waals surface area (Å²) in [5, 5.41) is 3.20. The largest absolute Gasteiger partial charge is 0.481 e. The molecule has 2 rings (SSSR count). The summed E-state index contributed by atoms with van der Waals surface area (Å²) in [6.45, 7) is 0. The van der Waals surface area contributed by atoms with Crippen LogP contribution >= 0.6 is 0 Å². The molecule has 0 bridgehead atoms. The van der Waals surface area contributed by atoms with Crippen molar-refractivity contribution in [1.29, 1.82) is 0 Å². The van der Waals surface area contributed by atoms with E-state index >= 15 is 0 Å². The molecule has 0 aliphatic carbocycles. The molecule has 0 saturated heterocycles. The van der Waals surface area contributed by atoms with Gasteiger partial charge in [-0.1, -0.05) is 18.2 Å². The first-order chi connectivity index (χ1) is 7.38. The fourth-order valence-electron chi connectivity index (χ4n) is 1.23. The monoisotopic (exact) mass is 199 g/mol. The van der Waals surface area contributed by atoms with Gasteiger partial charge < -0.3 is 10.1 Å². The van der Waals surface area contributed by atoms with Gasteiger partial charge in [0.2, 0.25) is 5.88 Å². The maximum Gasteiger partial charge on any atom is 0.214 e. The lowest BCUT2D eigenvalue weighted by Gasteiger charge is -2.06. The van der Waals surface area contributed by atoms with E-state index in [4.69, 9.17) is 4.74 Å². The Hall–Kier alpha value is -2.03. The third-order valence-corrected chi connectivity index (χ3v) is 1.93. The third-order valence-electron chi connectivity index (χ3n) is 1.93. The zero-order valence-electron chi connectivity index (χ0n) is 8.40. The normalized spacial score (nSPS) is 9.67. The van der Waals surface area contributed by atoms with Crippen molar-refractivity contribution in [3.63, 3.8) is 0 Å². The Morgan fingerprint density at radius 1 is 1.33 bits per heavy atom. The molecule has 1 heterocycles. The van der Waals surface area contributed by atoms with Crippen molar-refractivity contribution in [2.24, 2.45) is 0 Å².